The third-order valence-electron chi connectivity index (χ3n) is 7.14. The number of aliphatic carboxylic acids is 2. The minimum absolute atomic E-state index is 0.0781. The molecule has 5 atom stereocenters. The topological polar surface area (TPSA) is 74.6 Å². The maximum absolute atomic E-state index is 11.8. The van der Waals surface area contributed by atoms with Crippen LogP contribution in [0, 0.1) is 28.6 Å². The molecule has 0 radical (unpaired) electrons. The third kappa shape index (κ3) is 3.38. The Morgan fingerprint density at radius 1 is 1.29 bits per heavy atom. The van der Waals surface area contributed by atoms with Gasteiger partial charge >= 0.3 is 11.9 Å². The van der Waals surface area contributed by atoms with Gasteiger partial charge in [-0.1, -0.05) is 33.8 Å². The van der Waals surface area contributed by atoms with Gasteiger partial charge in [-0.15, -0.1) is 0 Å². The molecular weight excluding hydrogens is 304 g/mol. The zero-order valence-corrected chi connectivity index (χ0v) is 15.5. The van der Waals surface area contributed by atoms with E-state index in [4.69, 9.17) is 5.11 Å². The first-order valence-electron chi connectivity index (χ1n) is 9.27. The molecule has 0 aromatic heterocycles. The van der Waals surface area contributed by atoms with E-state index in [2.05, 4.69) is 20.8 Å². The van der Waals surface area contributed by atoms with Crippen molar-refractivity contribution in [3.05, 3.63) is 11.6 Å². The van der Waals surface area contributed by atoms with Crippen LogP contribution in [0.4, 0.5) is 0 Å². The Morgan fingerprint density at radius 3 is 2.54 bits per heavy atom. The van der Waals surface area contributed by atoms with Gasteiger partial charge in [0.25, 0.3) is 0 Å². The highest BCUT2D eigenvalue weighted by Gasteiger charge is 2.55. The van der Waals surface area contributed by atoms with E-state index in [1.165, 1.54) is 0 Å². The Bertz CT molecular complexity index is 538. The van der Waals surface area contributed by atoms with Crippen molar-refractivity contribution in [3.63, 3.8) is 0 Å². The average molecular weight is 336 g/mol. The molecule has 4 heteroatoms. The molecule has 0 heterocycles. The van der Waals surface area contributed by atoms with Crippen LogP contribution in [0.25, 0.3) is 0 Å². The molecule has 2 aliphatic carbocycles. The Morgan fingerprint density at radius 2 is 1.96 bits per heavy atom. The van der Waals surface area contributed by atoms with E-state index in [9.17, 15) is 14.7 Å². The quantitative estimate of drug-likeness (QED) is 0.734. The van der Waals surface area contributed by atoms with E-state index < -0.39 is 11.9 Å². The van der Waals surface area contributed by atoms with Gasteiger partial charge in [0.1, 0.15) is 0 Å². The second kappa shape index (κ2) is 6.89. The van der Waals surface area contributed by atoms with Gasteiger partial charge in [-0.3, -0.25) is 4.79 Å². The molecule has 2 rings (SSSR count). The van der Waals surface area contributed by atoms with Gasteiger partial charge in [0.15, 0.2) is 0 Å². The number of carbonyl (C=O) groups is 2. The van der Waals surface area contributed by atoms with Crippen molar-refractivity contribution in [2.24, 2.45) is 28.6 Å². The second-order valence-electron chi connectivity index (χ2n) is 8.66. The van der Waals surface area contributed by atoms with Crippen molar-refractivity contribution in [2.75, 3.05) is 0 Å². The number of fused-ring (bicyclic) bond motifs is 1. The summed E-state index contributed by atoms with van der Waals surface area (Å²) in [5, 5.41) is 18.7. The highest BCUT2D eigenvalue weighted by atomic mass is 16.4. The molecule has 1 saturated carbocycles. The minimum atomic E-state index is -0.765. The highest BCUT2D eigenvalue weighted by Crippen LogP contribution is 2.62. The van der Waals surface area contributed by atoms with E-state index in [1.807, 2.05) is 13.0 Å². The first-order chi connectivity index (χ1) is 11.1. The van der Waals surface area contributed by atoms with Crippen molar-refractivity contribution >= 4 is 11.9 Å². The molecule has 24 heavy (non-hydrogen) atoms. The number of carboxylic acids is 2. The summed E-state index contributed by atoms with van der Waals surface area (Å²) in [6.45, 7) is 8.76. The number of allylic oxidation sites excluding steroid dienone is 1. The van der Waals surface area contributed by atoms with Gasteiger partial charge in [-0.2, -0.15) is 0 Å². The number of carboxylic acid groups (broad SMARTS) is 2. The summed E-state index contributed by atoms with van der Waals surface area (Å²) in [5.74, 6) is -0.429. The fourth-order valence-electron chi connectivity index (χ4n) is 5.40. The maximum atomic E-state index is 11.8. The highest BCUT2D eigenvalue weighted by molar-refractivity contribution is 5.88. The standard InChI is InChI=1S/C20H32O4/c1-13(12-17(21)22)8-10-19(3)14(2)9-11-20(4)15(18(23)24)6-5-7-16(19)20/h6,13-14,16H,5,7-12H2,1-4H3,(H,21,22)(H,23,24)/t13-,14-,16-,19+,20-/m1/s1. The maximum Gasteiger partial charge on any atom is 0.331 e. The summed E-state index contributed by atoms with van der Waals surface area (Å²) >= 11 is 0. The van der Waals surface area contributed by atoms with Crippen molar-refractivity contribution in [3.8, 4) is 0 Å². The predicted molar refractivity (Wildman–Crippen MR) is 93.7 cm³/mol. The van der Waals surface area contributed by atoms with Gasteiger partial charge in [-0.25, -0.2) is 4.79 Å². The molecule has 1 fully saturated rings. The summed E-state index contributed by atoms with van der Waals surface area (Å²) < 4.78 is 0. The smallest absolute Gasteiger partial charge is 0.331 e. The zero-order valence-electron chi connectivity index (χ0n) is 15.5. The third-order valence-corrected chi connectivity index (χ3v) is 7.14. The molecule has 0 spiro atoms. The molecule has 0 amide bonds. The largest absolute Gasteiger partial charge is 0.481 e. The summed E-state index contributed by atoms with van der Waals surface area (Å²) in [4.78, 5) is 22.7. The molecule has 2 N–H and O–H groups in total. The molecule has 2 aliphatic rings. The molecule has 4 nitrogen and oxygen atoms in total. The van der Waals surface area contributed by atoms with Crippen molar-refractivity contribution in [2.45, 2.75) is 72.6 Å². The molecule has 0 aromatic carbocycles. The lowest BCUT2D eigenvalue weighted by Crippen LogP contribution is -2.51. The zero-order chi connectivity index (χ0) is 18.1. The summed E-state index contributed by atoms with van der Waals surface area (Å²) in [6, 6.07) is 0. The summed E-state index contributed by atoms with van der Waals surface area (Å²) in [6.07, 6.45) is 7.89. The van der Waals surface area contributed by atoms with E-state index in [-0.39, 0.29) is 23.2 Å². The Hall–Kier alpha value is -1.32. The summed E-state index contributed by atoms with van der Waals surface area (Å²) in [7, 11) is 0. The van der Waals surface area contributed by atoms with Crippen LogP contribution >= 0.6 is 0 Å². The van der Waals surface area contributed by atoms with E-state index in [0.717, 1.165) is 38.5 Å². The number of hydrogen-bond acceptors (Lipinski definition) is 2. The van der Waals surface area contributed by atoms with Crippen LogP contribution in [0.5, 0.6) is 0 Å². The normalized spacial score (nSPS) is 37.2. The molecular formula is C20H32O4. The summed E-state index contributed by atoms with van der Waals surface area (Å²) in [5.41, 5.74) is 0.436. The van der Waals surface area contributed by atoms with Crippen molar-refractivity contribution in [1.82, 2.24) is 0 Å². The minimum Gasteiger partial charge on any atom is -0.481 e. The van der Waals surface area contributed by atoms with Crippen molar-refractivity contribution in [1.29, 1.82) is 0 Å². The molecule has 0 aliphatic heterocycles. The molecule has 0 saturated heterocycles. The van der Waals surface area contributed by atoms with Crippen LogP contribution in [-0.4, -0.2) is 22.2 Å². The van der Waals surface area contributed by atoms with Crippen LogP contribution in [0.3, 0.4) is 0 Å². The van der Waals surface area contributed by atoms with Crippen molar-refractivity contribution < 1.29 is 19.8 Å². The van der Waals surface area contributed by atoms with Crippen LogP contribution in [-0.2, 0) is 9.59 Å². The van der Waals surface area contributed by atoms with Crippen LogP contribution in [0.2, 0.25) is 0 Å². The lowest BCUT2D eigenvalue weighted by molar-refractivity contribution is -0.139. The van der Waals surface area contributed by atoms with Gasteiger partial charge in [0.05, 0.1) is 0 Å². The number of rotatable bonds is 6. The van der Waals surface area contributed by atoms with Crippen LogP contribution in [0.1, 0.15) is 72.6 Å². The fourth-order valence-corrected chi connectivity index (χ4v) is 5.40. The van der Waals surface area contributed by atoms with Crippen LogP contribution in [0.15, 0.2) is 11.6 Å². The van der Waals surface area contributed by atoms with E-state index in [0.29, 0.717) is 17.4 Å². The van der Waals surface area contributed by atoms with Gasteiger partial charge in [0.2, 0.25) is 0 Å². The molecule has 0 unspecified atom stereocenters. The van der Waals surface area contributed by atoms with Gasteiger partial charge in [-0.05, 0) is 61.7 Å². The lowest BCUT2D eigenvalue weighted by atomic mass is 9.46. The first-order valence-corrected chi connectivity index (χ1v) is 9.27. The monoisotopic (exact) mass is 336 g/mol. The van der Waals surface area contributed by atoms with E-state index >= 15 is 0 Å². The first kappa shape index (κ1) is 19.0. The number of hydrogen-bond donors (Lipinski definition) is 2. The molecule has 136 valence electrons. The van der Waals surface area contributed by atoms with Crippen LogP contribution < -0.4 is 0 Å². The van der Waals surface area contributed by atoms with Gasteiger partial charge < -0.3 is 10.2 Å². The fraction of sp³-hybridized carbons (Fsp3) is 0.800. The Balaban J connectivity index is 2.23. The molecule has 0 bridgehead atoms. The second-order valence-corrected chi connectivity index (χ2v) is 8.66. The van der Waals surface area contributed by atoms with E-state index in [1.54, 1.807) is 0 Å². The molecule has 0 aromatic rings. The predicted octanol–water partition coefficient (Wildman–Crippen LogP) is 4.74. The average Bonchev–Trinajstić information content (AvgIpc) is 2.48. The Kier molecular flexibility index (Phi) is 5.46. The lowest BCUT2D eigenvalue weighted by Gasteiger charge is -2.57. The Labute approximate surface area is 145 Å². The SMILES string of the molecule is C[C@H](CC[C@@]1(C)[C@H](C)CC[C@]2(C)C(C(=O)O)=CCC[C@H]12)CC(=O)O. The van der Waals surface area contributed by atoms with Gasteiger partial charge in [0, 0.05) is 17.4 Å².